The molecule has 6 rings (SSSR count). The second kappa shape index (κ2) is 5.72. The third-order valence-corrected chi connectivity index (χ3v) is 5.36. The first-order valence-electron chi connectivity index (χ1n) is 9.28. The summed E-state index contributed by atoms with van der Waals surface area (Å²) < 4.78 is 7.77. The van der Waals surface area contributed by atoms with Gasteiger partial charge in [-0.1, -0.05) is 30.3 Å². The Morgan fingerprint density at radius 3 is 2.76 bits per heavy atom. The van der Waals surface area contributed by atoms with Crippen molar-refractivity contribution in [2.24, 2.45) is 0 Å². The lowest BCUT2D eigenvalue weighted by Crippen LogP contribution is -1.98. The molecule has 6 heteroatoms. The minimum atomic E-state index is -0.331. The minimum absolute atomic E-state index is 0.140. The van der Waals surface area contributed by atoms with Crippen molar-refractivity contribution in [3.8, 4) is 11.6 Å². The highest BCUT2D eigenvalue weighted by atomic mass is 16.5. The number of ether oxygens (including phenoxy) is 1. The highest BCUT2D eigenvalue weighted by molar-refractivity contribution is 6.24. The molecular weight excluding hydrogens is 366 g/mol. The summed E-state index contributed by atoms with van der Waals surface area (Å²) in [5, 5.41) is 12.3. The van der Waals surface area contributed by atoms with Crippen molar-refractivity contribution in [1.29, 1.82) is 0 Å². The van der Waals surface area contributed by atoms with Crippen LogP contribution < -0.4 is 10.3 Å². The van der Waals surface area contributed by atoms with Crippen LogP contribution in [-0.2, 0) is 6.61 Å². The van der Waals surface area contributed by atoms with Gasteiger partial charge in [-0.05, 0) is 35.9 Å². The Morgan fingerprint density at radius 2 is 1.90 bits per heavy atom. The standard InChI is InChI=1S/C23H15N3O3/c27-22-19-18-15-11-14(29-12-13-5-2-1-3-6-13)8-9-16(15)24-20(18)17-7-4-10-26(17)21(19)23(28)25-22/h1-11,28H,12H2,(H,25,27). The summed E-state index contributed by atoms with van der Waals surface area (Å²) in [6.07, 6.45) is 1.82. The fourth-order valence-corrected chi connectivity index (χ4v) is 4.08. The summed E-state index contributed by atoms with van der Waals surface area (Å²) in [6.45, 7) is 0.453. The number of nitrogens with zero attached hydrogens (tertiary/aromatic N) is 2. The third kappa shape index (κ3) is 2.23. The molecule has 2 N–H and O–H groups in total. The summed E-state index contributed by atoms with van der Waals surface area (Å²) in [5.41, 5.74) is 3.56. The molecule has 140 valence electrons. The van der Waals surface area contributed by atoms with E-state index in [0.717, 1.165) is 32.9 Å². The van der Waals surface area contributed by atoms with Gasteiger partial charge in [0.25, 0.3) is 5.56 Å². The Balaban J connectivity index is 1.62. The molecule has 6 nitrogen and oxygen atoms in total. The highest BCUT2D eigenvalue weighted by Gasteiger charge is 2.21. The molecule has 0 aliphatic rings. The molecule has 4 aromatic heterocycles. The Kier molecular flexibility index (Phi) is 3.14. The quantitative estimate of drug-likeness (QED) is 0.481. The number of fused-ring (bicyclic) bond motifs is 8. The molecule has 29 heavy (non-hydrogen) atoms. The maximum atomic E-state index is 12.6. The number of aromatic amines is 1. The van der Waals surface area contributed by atoms with E-state index in [1.54, 1.807) is 4.40 Å². The molecule has 0 amide bonds. The van der Waals surface area contributed by atoms with Gasteiger partial charge in [0.2, 0.25) is 5.88 Å². The van der Waals surface area contributed by atoms with E-state index in [1.807, 2.05) is 66.9 Å². The first-order chi connectivity index (χ1) is 14.2. The summed E-state index contributed by atoms with van der Waals surface area (Å²) in [4.78, 5) is 19.9. The fourth-order valence-electron chi connectivity index (χ4n) is 4.08. The van der Waals surface area contributed by atoms with Gasteiger partial charge in [-0.2, -0.15) is 0 Å². The van der Waals surface area contributed by atoms with Crippen LogP contribution in [0.15, 0.2) is 71.7 Å². The molecule has 0 spiro atoms. The number of hydrogen-bond acceptors (Lipinski definition) is 4. The van der Waals surface area contributed by atoms with Crippen LogP contribution in [0.5, 0.6) is 11.6 Å². The second-order valence-corrected chi connectivity index (χ2v) is 7.08. The number of aromatic nitrogens is 3. The third-order valence-electron chi connectivity index (χ3n) is 5.36. The Labute approximate surface area is 164 Å². The van der Waals surface area contributed by atoms with Crippen LogP contribution in [0.25, 0.3) is 38.2 Å². The molecule has 4 heterocycles. The van der Waals surface area contributed by atoms with Gasteiger partial charge >= 0.3 is 0 Å². The number of hydrogen-bond donors (Lipinski definition) is 2. The monoisotopic (exact) mass is 381 g/mol. The van der Waals surface area contributed by atoms with Crippen molar-refractivity contribution in [2.75, 3.05) is 0 Å². The van der Waals surface area contributed by atoms with Gasteiger partial charge in [-0.25, -0.2) is 4.98 Å². The lowest BCUT2D eigenvalue weighted by Gasteiger charge is -2.06. The molecule has 0 fully saturated rings. The zero-order valence-electron chi connectivity index (χ0n) is 15.2. The van der Waals surface area contributed by atoms with Crippen molar-refractivity contribution >= 4 is 38.2 Å². The molecule has 0 bridgehead atoms. The molecule has 0 aliphatic heterocycles. The lowest BCUT2D eigenvalue weighted by atomic mass is 10.1. The predicted molar refractivity (Wildman–Crippen MR) is 112 cm³/mol. The molecule has 0 atom stereocenters. The van der Waals surface area contributed by atoms with Crippen molar-refractivity contribution in [3.63, 3.8) is 0 Å². The molecule has 0 saturated heterocycles. The number of H-pyrrole nitrogens is 1. The summed E-state index contributed by atoms with van der Waals surface area (Å²) in [5.74, 6) is 0.560. The Morgan fingerprint density at radius 1 is 1.03 bits per heavy atom. The van der Waals surface area contributed by atoms with E-state index in [0.29, 0.717) is 23.3 Å². The van der Waals surface area contributed by atoms with Crippen molar-refractivity contribution in [2.45, 2.75) is 6.61 Å². The molecule has 0 saturated carbocycles. The maximum absolute atomic E-state index is 12.6. The van der Waals surface area contributed by atoms with Gasteiger partial charge < -0.3 is 14.2 Å². The Bertz CT molecular complexity index is 1580. The van der Waals surface area contributed by atoms with Gasteiger partial charge in [0.15, 0.2) is 0 Å². The predicted octanol–water partition coefficient (Wildman–Crippen LogP) is 4.20. The first kappa shape index (κ1) is 15.9. The molecular formula is C23H15N3O3. The van der Waals surface area contributed by atoms with Gasteiger partial charge in [-0.15, -0.1) is 0 Å². The minimum Gasteiger partial charge on any atom is -0.493 e. The normalized spacial score (nSPS) is 11.9. The van der Waals surface area contributed by atoms with E-state index in [2.05, 4.69) is 4.98 Å². The topological polar surface area (TPSA) is 79.6 Å². The van der Waals surface area contributed by atoms with E-state index in [9.17, 15) is 9.90 Å². The maximum Gasteiger partial charge on any atom is 0.261 e. The van der Waals surface area contributed by atoms with Crippen molar-refractivity contribution in [1.82, 2.24) is 14.4 Å². The molecule has 0 radical (unpaired) electrons. The average molecular weight is 381 g/mol. The number of pyridine rings is 1. The van der Waals surface area contributed by atoms with Crippen molar-refractivity contribution < 1.29 is 9.84 Å². The van der Waals surface area contributed by atoms with Crippen LogP contribution in [0.1, 0.15) is 5.56 Å². The fraction of sp³-hybridized carbons (Fsp3) is 0.0435. The Hall–Kier alpha value is -4.06. The van der Waals surface area contributed by atoms with Crippen LogP contribution in [-0.4, -0.2) is 19.5 Å². The molecule has 0 unspecified atom stereocenters. The zero-order chi connectivity index (χ0) is 19.5. The molecule has 2 aromatic carbocycles. The SMILES string of the molecule is O=c1[nH]c(O)c2c1c1c3cc(OCc4ccccc4)ccc3nc1c1cccn12. The van der Waals surface area contributed by atoms with Gasteiger partial charge in [0, 0.05) is 17.0 Å². The van der Waals surface area contributed by atoms with E-state index in [1.165, 1.54) is 0 Å². The first-order valence-corrected chi connectivity index (χ1v) is 9.28. The number of rotatable bonds is 3. The second-order valence-electron chi connectivity index (χ2n) is 7.08. The van der Waals surface area contributed by atoms with E-state index in [-0.39, 0.29) is 11.4 Å². The zero-order valence-corrected chi connectivity index (χ0v) is 15.2. The number of benzene rings is 2. The highest BCUT2D eigenvalue weighted by Crippen LogP contribution is 2.37. The summed E-state index contributed by atoms with van der Waals surface area (Å²) in [6, 6.07) is 19.4. The smallest absolute Gasteiger partial charge is 0.261 e. The summed E-state index contributed by atoms with van der Waals surface area (Å²) in [7, 11) is 0. The van der Waals surface area contributed by atoms with Crippen LogP contribution in [0.3, 0.4) is 0 Å². The average Bonchev–Trinajstić information content (AvgIpc) is 3.42. The van der Waals surface area contributed by atoms with Gasteiger partial charge in [0.1, 0.15) is 17.9 Å². The lowest BCUT2D eigenvalue weighted by molar-refractivity contribution is 0.306. The van der Waals surface area contributed by atoms with Crippen LogP contribution >= 0.6 is 0 Å². The van der Waals surface area contributed by atoms with Gasteiger partial charge in [0.05, 0.1) is 21.9 Å². The van der Waals surface area contributed by atoms with Crippen molar-refractivity contribution in [3.05, 3.63) is 82.8 Å². The molecule has 6 aromatic rings. The van der Waals surface area contributed by atoms with Gasteiger partial charge in [-0.3, -0.25) is 9.78 Å². The number of nitrogens with one attached hydrogen (secondary N) is 1. The largest absolute Gasteiger partial charge is 0.493 e. The van der Waals surface area contributed by atoms with Crippen LogP contribution in [0.4, 0.5) is 0 Å². The number of aromatic hydroxyl groups is 1. The van der Waals surface area contributed by atoms with Crippen LogP contribution in [0.2, 0.25) is 0 Å². The molecule has 0 aliphatic carbocycles. The van der Waals surface area contributed by atoms with Crippen LogP contribution in [0, 0.1) is 0 Å². The van der Waals surface area contributed by atoms with E-state index >= 15 is 0 Å². The van der Waals surface area contributed by atoms with E-state index < -0.39 is 0 Å². The summed E-state index contributed by atoms with van der Waals surface area (Å²) >= 11 is 0. The van der Waals surface area contributed by atoms with E-state index in [4.69, 9.17) is 9.72 Å².